The average Bonchev–Trinajstić information content (AvgIpc) is 2.88. The van der Waals surface area contributed by atoms with Crippen molar-refractivity contribution in [1.29, 1.82) is 0 Å². The van der Waals surface area contributed by atoms with E-state index in [1.165, 1.54) is 25.7 Å². The zero-order valence-corrected chi connectivity index (χ0v) is 14.7. The van der Waals surface area contributed by atoms with Crippen LogP contribution in [-0.2, 0) is 0 Å². The molecule has 2 aromatic rings. The molecule has 0 aliphatic heterocycles. The number of fused-ring (bicyclic) bond motifs is 1. The molecule has 2 nitrogen and oxygen atoms in total. The molecular weight excluding hydrogens is 323 g/mol. The summed E-state index contributed by atoms with van der Waals surface area (Å²) in [5, 5.41) is 1.39. The maximum Gasteiger partial charge on any atom is 0.128 e. The second-order valence-electron chi connectivity index (χ2n) is 5.74. The lowest BCUT2D eigenvalue weighted by Gasteiger charge is -2.31. The van der Waals surface area contributed by atoms with Gasteiger partial charge in [-0.05, 0) is 44.6 Å². The van der Waals surface area contributed by atoms with E-state index in [0.29, 0.717) is 6.04 Å². The van der Waals surface area contributed by atoms with Crippen molar-refractivity contribution in [3.8, 4) is 0 Å². The van der Waals surface area contributed by atoms with Gasteiger partial charge in [0.1, 0.15) is 5.82 Å². The first-order chi connectivity index (χ1) is 10.1. The summed E-state index contributed by atoms with van der Waals surface area (Å²) >= 11 is 14.8. The molecule has 1 aromatic heterocycles. The average molecular weight is 343 g/mol. The number of hydrogen-bond donors (Lipinski definition) is 0. The molecule has 0 radical (unpaired) electrons. The number of aromatic nitrogens is 2. The highest BCUT2D eigenvalue weighted by Gasteiger charge is 2.28. The van der Waals surface area contributed by atoms with Crippen molar-refractivity contribution in [2.24, 2.45) is 0 Å². The number of para-hydroxylation sites is 1. The van der Waals surface area contributed by atoms with E-state index in [9.17, 15) is 0 Å². The molecule has 0 spiro atoms. The third-order valence-corrected chi connectivity index (χ3v) is 5.94. The fraction of sp³-hybridized carbons (Fsp3) is 0.562. The molecule has 3 unspecified atom stereocenters. The largest absolute Gasteiger partial charge is 0.322 e. The third-order valence-electron chi connectivity index (χ3n) is 4.34. The lowest BCUT2D eigenvalue weighted by molar-refractivity contribution is 0.360. The third kappa shape index (κ3) is 2.93. The van der Waals surface area contributed by atoms with Crippen LogP contribution in [0.1, 0.15) is 49.9 Å². The Bertz CT molecular complexity index is 638. The normalized spacial score (nSPS) is 24.4. The van der Waals surface area contributed by atoms with Crippen molar-refractivity contribution in [3.05, 3.63) is 29.0 Å². The van der Waals surface area contributed by atoms with E-state index >= 15 is 0 Å². The van der Waals surface area contributed by atoms with Gasteiger partial charge in [0.15, 0.2) is 0 Å². The van der Waals surface area contributed by atoms with Crippen LogP contribution in [0.2, 0.25) is 5.02 Å². The summed E-state index contributed by atoms with van der Waals surface area (Å²) < 4.78 is 2.32. The second-order valence-corrected chi connectivity index (χ2v) is 7.94. The van der Waals surface area contributed by atoms with Gasteiger partial charge in [-0.2, -0.15) is 11.8 Å². The van der Waals surface area contributed by atoms with Crippen LogP contribution in [-0.4, -0.2) is 21.1 Å². The number of imidazole rings is 1. The smallest absolute Gasteiger partial charge is 0.128 e. The standard InChI is InChI=1S/C16H20Cl2N2S/c1-10(17)16-19-14-8-4-7-13(18)15(14)20(16)11-5-3-6-12(9-11)21-2/h4,7-8,10-12H,3,5-6,9H2,1-2H3. The fourth-order valence-electron chi connectivity index (χ4n) is 3.34. The number of thioether (sulfide) groups is 1. The molecule has 5 heteroatoms. The maximum absolute atomic E-state index is 6.46. The van der Waals surface area contributed by atoms with Crippen LogP contribution in [0.25, 0.3) is 11.0 Å². The summed E-state index contributed by atoms with van der Waals surface area (Å²) in [5.74, 6) is 0.950. The number of nitrogens with zero attached hydrogens (tertiary/aromatic N) is 2. The molecule has 1 aromatic carbocycles. The zero-order valence-electron chi connectivity index (χ0n) is 12.4. The Morgan fingerprint density at radius 3 is 2.90 bits per heavy atom. The van der Waals surface area contributed by atoms with E-state index in [0.717, 1.165) is 27.1 Å². The van der Waals surface area contributed by atoms with Crippen molar-refractivity contribution in [1.82, 2.24) is 9.55 Å². The van der Waals surface area contributed by atoms with Gasteiger partial charge in [-0.1, -0.05) is 24.1 Å². The van der Waals surface area contributed by atoms with Gasteiger partial charge < -0.3 is 4.57 Å². The molecule has 0 amide bonds. The Morgan fingerprint density at radius 1 is 1.38 bits per heavy atom. The van der Waals surface area contributed by atoms with Crippen molar-refractivity contribution in [2.45, 2.75) is 49.3 Å². The van der Waals surface area contributed by atoms with Crippen molar-refractivity contribution < 1.29 is 0 Å². The number of hydrogen-bond acceptors (Lipinski definition) is 2. The highest BCUT2D eigenvalue weighted by Crippen LogP contribution is 2.40. The lowest BCUT2D eigenvalue weighted by Crippen LogP contribution is -2.22. The molecule has 1 saturated carbocycles. The zero-order chi connectivity index (χ0) is 15.0. The molecule has 3 atom stereocenters. The first-order valence-corrected chi connectivity index (χ1v) is 9.55. The summed E-state index contributed by atoms with van der Waals surface area (Å²) in [7, 11) is 0. The van der Waals surface area contributed by atoms with Gasteiger partial charge >= 0.3 is 0 Å². The van der Waals surface area contributed by atoms with E-state index in [2.05, 4.69) is 10.8 Å². The van der Waals surface area contributed by atoms with Crippen LogP contribution in [0.5, 0.6) is 0 Å². The molecule has 1 aliphatic carbocycles. The predicted octanol–water partition coefficient (Wildman–Crippen LogP) is 5.84. The van der Waals surface area contributed by atoms with Crippen molar-refractivity contribution >= 4 is 46.0 Å². The van der Waals surface area contributed by atoms with Gasteiger partial charge in [0.05, 0.1) is 21.4 Å². The number of benzene rings is 1. The van der Waals surface area contributed by atoms with E-state index < -0.39 is 0 Å². The van der Waals surface area contributed by atoms with Crippen molar-refractivity contribution in [2.75, 3.05) is 6.26 Å². The summed E-state index contributed by atoms with van der Waals surface area (Å²) in [6.45, 7) is 1.99. The topological polar surface area (TPSA) is 17.8 Å². The quantitative estimate of drug-likeness (QED) is 0.652. The molecule has 1 fully saturated rings. The summed E-state index contributed by atoms with van der Waals surface area (Å²) in [4.78, 5) is 4.74. The second kappa shape index (κ2) is 6.39. The summed E-state index contributed by atoms with van der Waals surface area (Å²) in [6, 6.07) is 6.38. The molecule has 0 N–H and O–H groups in total. The van der Waals surface area contributed by atoms with Gasteiger partial charge in [-0.25, -0.2) is 4.98 Å². The maximum atomic E-state index is 6.46. The predicted molar refractivity (Wildman–Crippen MR) is 93.8 cm³/mol. The molecule has 1 heterocycles. The molecule has 3 rings (SSSR count). The van der Waals surface area contributed by atoms with Crippen LogP contribution >= 0.6 is 35.0 Å². The van der Waals surface area contributed by atoms with Crippen LogP contribution < -0.4 is 0 Å². The first-order valence-electron chi connectivity index (χ1n) is 7.45. The molecule has 114 valence electrons. The number of alkyl halides is 1. The van der Waals surface area contributed by atoms with Gasteiger partial charge in [0.25, 0.3) is 0 Å². The monoisotopic (exact) mass is 342 g/mol. The van der Waals surface area contributed by atoms with E-state index in [1.54, 1.807) is 0 Å². The molecule has 1 aliphatic rings. The fourth-order valence-corrected chi connectivity index (χ4v) is 4.58. The van der Waals surface area contributed by atoms with Crippen LogP contribution in [0.15, 0.2) is 18.2 Å². The minimum Gasteiger partial charge on any atom is -0.322 e. The Kier molecular flexibility index (Phi) is 4.72. The van der Waals surface area contributed by atoms with Gasteiger partial charge in [0.2, 0.25) is 0 Å². The molecule has 0 bridgehead atoms. The van der Waals surface area contributed by atoms with Crippen LogP contribution in [0.3, 0.4) is 0 Å². The van der Waals surface area contributed by atoms with E-state index in [-0.39, 0.29) is 5.38 Å². The molecule has 0 saturated heterocycles. The van der Waals surface area contributed by atoms with Gasteiger partial charge in [-0.3, -0.25) is 0 Å². The Hall–Kier alpha value is -0.380. The van der Waals surface area contributed by atoms with Gasteiger partial charge in [-0.15, -0.1) is 11.6 Å². The van der Waals surface area contributed by atoms with Crippen LogP contribution in [0.4, 0.5) is 0 Å². The minimum absolute atomic E-state index is 0.108. The lowest BCUT2D eigenvalue weighted by atomic mass is 9.94. The van der Waals surface area contributed by atoms with Gasteiger partial charge in [0, 0.05) is 11.3 Å². The highest BCUT2D eigenvalue weighted by atomic mass is 35.5. The van der Waals surface area contributed by atoms with E-state index in [4.69, 9.17) is 28.2 Å². The minimum atomic E-state index is -0.108. The first kappa shape index (κ1) is 15.5. The Balaban J connectivity index is 2.12. The highest BCUT2D eigenvalue weighted by molar-refractivity contribution is 7.99. The van der Waals surface area contributed by atoms with E-state index in [1.807, 2.05) is 36.9 Å². The summed E-state index contributed by atoms with van der Waals surface area (Å²) in [5.41, 5.74) is 2.00. The SMILES string of the molecule is CSC1CCCC(n2c(C(C)Cl)nc3cccc(Cl)c32)C1. The Morgan fingerprint density at radius 2 is 2.19 bits per heavy atom. The van der Waals surface area contributed by atoms with Crippen molar-refractivity contribution in [3.63, 3.8) is 0 Å². The molecular formula is C16H20Cl2N2S. The summed E-state index contributed by atoms with van der Waals surface area (Å²) in [6.07, 6.45) is 7.14. The Labute approximate surface area is 140 Å². The number of halogens is 2. The molecule has 21 heavy (non-hydrogen) atoms. The number of rotatable bonds is 3. The van der Waals surface area contributed by atoms with Crippen LogP contribution in [0, 0.1) is 0 Å².